The summed E-state index contributed by atoms with van der Waals surface area (Å²) in [5.41, 5.74) is 0.232. The maximum absolute atomic E-state index is 13.3. The highest BCUT2D eigenvalue weighted by atomic mass is 32.2. The third-order valence-corrected chi connectivity index (χ3v) is 6.29. The largest absolute Gasteiger partial charge is 0.598 e. The van der Waals surface area contributed by atoms with E-state index in [2.05, 4.69) is 10.0 Å². The Bertz CT molecular complexity index is 356. The lowest BCUT2D eigenvalue weighted by molar-refractivity contribution is -0.168. The minimum atomic E-state index is -4.35. The van der Waals surface area contributed by atoms with Crippen molar-refractivity contribution in [3.63, 3.8) is 0 Å². The van der Waals surface area contributed by atoms with E-state index in [9.17, 15) is 17.7 Å². The number of hydrogen-bond donors (Lipinski definition) is 2. The molecule has 7 heteroatoms. The van der Waals surface area contributed by atoms with Crippen LogP contribution in [0.25, 0.3) is 0 Å². The van der Waals surface area contributed by atoms with Crippen LogP contribution in [0.3, 0.4) is 0 Å². The first-order valence-corrected chi connectivity index (χ1v) is 8.64. The van der Waals surface area contributed by atoms with Gasteiger partial charge in [-0.1, -0.05) is 0 Å². The predicted octanol–water partition coefficient (Wildman–Crippen LogP) is 2.75. The monoisotopic (exact) mass is 326 g/mol. The summed E-state index contributed by atoms with van der Waals surface area (Å²) < 4.78 is 53.7. The number of rotatable bonds is 3. The first-order chi connectivity index (χ1) is 9.54. The Morgan fingerprint density at radius 1 is 1.19 bits per heavy atom. The van der Waals surface area contributed by atoms with Crippen molar-refractivity contribution >= 4 is 11.4 Å². The van der Waals surface area contributed by atoms with Gasteiger partial charge in [-0.2, -0.15) is 13.2 Å². The second-order valence-electron chi connectivity index (χ2n) is 7.46. The second-order valence-corrected chi connectivity index (χ2v) is 9.46. The van der Waals surface area contributed by atoms with Gasteiger partial charge in [0.25, 0.3) is 0 Å². The van der Waals surface area contributed by atoms with Gasteiger partial charge in [0.2, 0.25) is 0 Å². The number of nitrogens with one attached hydrogen (secondary N) is 2. The minimum Gasteiger partial charge on any atom is -0.598 e. The third-order valence-electron chi connectivity index (χ3n) is 4.71. The maximum atomic E-state index is 13.3. The van der Waals surface area contributed by atoms with Crippen LogP contribution < -0.4 is 10.0 Å². The average Bonchev–Trinajstić information content (AvgIpc) is 2.31. The molecule has 2 fully saturated rings. The van der Waals surface area contributed by atoms with Crippen molar-refractivity contribution in [2.24, 2.45) is 11.3 Å². The Hall–Kier alpha value is 0.0200. The molecule has 2 atom stereocenters. The van der Waals surface area contributed by atoms with E-state index in [0.717, 1.165) is 25.9 Å². The van der Waals surface area contributed by atoms with E-state index in [-0.39, 0.29) is 5.41 Å². The number of alkyl halides is 3. The molecule has 0 amide bonds. The molecule has 21 heavy (non-hydrogen) atoms. The standard InChI is InChI=1S/C14H25F3N2OS/c1-12(2,3)21(20)19-11(14(15,16)17)10-4-6-13(7-5-10)8-18-9-13/h10-11,18-19H,4-9H2,1-3H3. The van der Waals surface area contributed by atoms with Gasteiger partial charge >= 0.3 is 6.18 Å². The van der Waals surface area contributed by atoms with Gasteiger partial charge in [-0.05, 0) is 57.8 Å². The van der Waals surface area contributed by atoms with Crippen LogP contribution in [0.4, 0.5) is 13.2 Å². The summed E-state index contributed by atoms with van der Waals surface area (Å²) in [6.45, 7) is 6.90. The van der Waals surface area contributed by atoms with Crippen LogP contribution in [0.15, 0.2) is 0 Å². The first kappa shape index (κ1) is 17.4. The van der Waals surface area contributed by atoms with Crippen LogP contribution >= 0.6 is 0 Å². The molecular formula is C14H25F3N2OS. The highest BCUT2D eigenvalue weighted by molar-refractivity contribution is 7.90. The Morgan fingerprint density at radius 3 is 2.05 bits per heavy atom. The van der Waals surface area contributed by atoms with E-state index in [1.54, 1.807) is 20.8 Å². The summed E-state index contributed by atoms with van der Waals surface area (Å²) in [5, 5.41) is 3.21. The first-order valence-electron chi connectivity index (χ1n) is 7.49. The second kappa shape index (κ2) is 5.91. The molecule has 0 bridgehead atoms. The summed E-state index contributed by atoms with van der Waals surface area (Å²) in [7, 11) is 0. The zero-order valence-electron chi connectivity index (χ0n) is 12.8. The van der Waals surface area contributed by atoms with Crippen LogP contribution in [0.2, 0.25) is 0 Å². The molecule has 1 aliphatic carbocycles. The predicted molar refractivity (Wildman–Crippen MR) is 78.1 cm³/mol. The van der Waals surface area contributed by atoms with Crippen LogP contribution in [-0.4, -0.2) is 34.6 Å². The molecule has 2 unspecified atom stereocenters. The molecule has 1 heterocycles. The van der Waals surface area contributed by atoms with E-state index in [1.165, 1.54) is 0 Å². The van der Waals surface area contributed by atoms with Gasteiger partial charge in [0, 0.05) is 24.5 Å². The molecule has 124 valence electrons. The molecule has 2 N–H and O–H groups in total. The fourth-order valence-corrected chi connectivity index (χ4v) is 4.05. The van der Waals surface area contributed by atoms with Crippen LogP contribution in [0.1, 0.15) is 46.5 Å². The lowest BCUT2D eigenvalue weighted by Crippen LogP contribution is -2.58. The van der Waals surface area contributed by atoms with E-state index in [0.29, 0.717) is 12.8 Å². The van der Waals surface area contributed by atoms with Crippen LogP contribution in [-0.2, 0) is 11.4 Å². The highest BCUT2D eigenvalue weighted by Gasteiger charge is 2.51. The van der Waals surface area contributed by atoms with Crippen molar-refractivity contribution in [3.05, 3.63) is 0 Å². The quantitative estimate of drug-likeness (QED) is 0.784. The van der Waals surface area contributed by atoms with Gasteiger partial charge in [0.15, 0.2) is 6.04 Å². The van der Waals surface area contributed by atoms with E-state index < -0.39 is 34.2 Å². The molecule has 0 aromatic carbocycles. The fraction of sp³-hybridized carbons (Fsp3) is 1.00. The summed E-state index contributed by atoms with van der Waals surface area (Å²) in [4.78, 5) is 0. The number of halogens is 3. The lowest BCUT2D eigenvalue weighted by Gasteiger charge is -2.48. The Kier molecular flexibility index (Phi) is 4.89. The van der Waals surface area contributed by atoms with Crippen molar-refractivity contribution in [1.82, 2.24) is 10.0 Å². The van der Waals surface area contributed by atoms with E-state index >= 15 is 0 Å². The Labute approximate surface area is 127 Å². The van der Waals surface area contributed by atoms with Crippen molar-refractivity contribution < 1.29 is 17.7 Å². The zero-order valence-corrected chi connectivity index (χ0v) is 13.7. The topological polar surface area (TPSA) is 47.1 Å². The van der Waals surface area contributed by atoms with Crippen molar-refractivity contribution in [2.75, 3.05) is 13.1 Å². The molecule has 3 nitrogen and oxygen atoms in total. The average molecular weight is 326 g/mol. The summed E-state index contributed by atoms with van der Waals surface area (Å²) in [5.74, 6) is -0.470. The van der Waals surface area contributed by atoms with Gasteiger partial charge in [-0.25, -0.2) is 0 Å². The third kappa shape index (κ3) is 4.06. The van der Waals surface area contributed by atoms with E-state index in [1.807, 2.05) is 0 Å². The Balaban J connectivity index is 2.00. The normalized spacial score (nSPS) is 26.4. The van der Waals surface area contributed by atoms with Crippen molar-refractivity contribution in [2.45, 2.75) is 63.4 Å². The minimum absolute atomic E-state index is 0.232. The molecule has 2 aliphatic rings. The summed E-state index contributed by atoms with van der Waals surface area (Å²) in [6, 6.07) is -1.66. The SMILES string of the molecule is CC(C)(C)[S+]([O-])NC(C1CCC2(CC1)CNC2)C(F)(F)F. The number of hydrogen-bond acceptors (Lipinski definition) is 3. The zero-order chi connectivity index (χ0) is 15.9. The Morgan fingerprint density at radius 2 is 1.71 bits per heavy atom. The molecule has 1 aliphatic heterocycles. The van der Waals surface area contributed by atoms with Gasteiger partial charge in [-0.15, -0.1) is 4.72 Å². The molecule has 0 aromatic rings. The van der Waals surface area contributed by atoms with Gasteiger partial charge in [0.1, 0.15) is 4.75 Å². The molecule has 1 saturated heterocycles. The molecule has 1 spiro atoms. The molecule has 2 rings (SSSR count). The van der Waals surface area contributed by atoms with Gasteiger partial charge < -0.3 is 9.87 Å². The molecule has 1 saturated carbocycles. The van der Waals surface area contributed by atoms with Crippen LogP contribution in [0, 0.1) is 11.3 Å². The molecular weight excluding hydrogens is 301 g/mol. The lowest BCUT2D eigenvalue weighted by atomic mass is 9.65. The summed E-state index contributed by atoms with van der Waals surface area (Å²) >= 11 is -1.70. The van der Waals surface area contributed by atoms with Crippen molar-refractivity contribution in [1.29, 1.82) is 0 Å². The fourth-order valence-electron chi connectivity index (χ4n) is 3.14. The van der Waals surface area contributed by atoms with Crippen molar-refractivity contribution in [3.8, 4) is 0 Å². The molecule has 0 aromatic heterocycles. The molecule has 0 radical (unpaired) electrons. The van der Waals surface area contributed by atoms with Crippen LogP contribution in [0.5, 0.6) is 0 Å². The summed E-state index contributed by atoms with van der Waals surface area (Å²) in [6.07, 6.45) is -1.57. The van der Waals surface area contributed by atoms with Gasteiger partial charge in [-0.3, -0.25) is 0 Å². The van der Waals surface area contributed by atoms with Gasteiger partial charge in [0.05, 0.1) is 0 Å². The smallest absolute Gasteiger partial charge is 0.408 e. The maximum Gasteiger partial charge on any atom is 0.408 e. The van der Waals surface area contributed by atoms with E-state index in [4.69, 9.17) is 0 Å². The highest BCUT2D eigenvalue weighted by Crippen LogP contribution is 2.45.